The Bertz CT molecular complexity index is 110. The molecule has 30 valence electrons. The van der Waals surface area contributed by atoms with Gasteiger partial charge in [-0.15, -0.1) is 0 Å². The van der Waals surface area contributed by atoms with Gasteiger partial charge in [0.05, 0.1) is 12.1 Å². The summed E-state index contributed by atoms with van der Waals surface area (Å²) in [7, 11) is 0. The molecule has 0 unspecified atom stereocenters. The Balaban J connectivity index is 0. The number of rotatable bonds is 0. The van der Waals surface area contributed by atoms with Gasteiger partial charge in [-0.3, -0.25) is 0 Å². The van der Waals surface area contributed by atoms with Crippen LogP contribution in [0.15, 0.2) is 12.2 Å². The molecule has 3 heteroatoms. The molecule has 0 spiro atoms. The van der Waals surface area contributed by atoms with Crippen molar-refractivity contribution in [1.29, 1.82) is 10.5 Å². The van der Waals surface area contributed by atoms with Gasteiger partial charge in [0.25, 0.3) is 0 Å². The van der Waals surface area contributed by atoms with Gasteiger partial charge < -0.3 is 0 Å². The Kier molecular flexibility index (Phi) is 13.0. The van der Waals surface area contributed by atoms with Crippen LogP contribution in [0.5, 0.6) is 0 Å². The van der Waals surface area contributed by atoms with Gasteiger partial charge in [-0.25, -0.2) is 0 Å². The molecular weight excluding hydrogens is 99.0 g/mol. The minimum atomic E-state index is 0. The predicted octanol–water partition coefficient (Wildman–Crippen LogP) is -0.0587. The van der Waals surface area contributed by atoms with Gasteiger partial charge in [-0.05, 0) is 0 Å². The van der Waals surface area contributed by atoms with Crippen LogP contribution in [-0.2, 0) is 0 Å². The fourth-order valence-corrected chi connectivity index (χ4v) is 0.0745. The second kappa shape index (κ2) is 9.21. The molecule has 0 saturated carbocycles. The van der Waals surface area contributed by atoms with E-state index in [1.165, 1.54) is 0 Å². The van der Waals surface area contributed by atoms with Crippen LogP contribution in [0.3, 0.4) is 0 Å². The molecule has 0 radical (unpaired) electrons. The van der Waals surface area contributed by atoms with E-state index in [1.54, 1.807) is 12.1 Å². The van der Waals surface area contributed by atoms with E-state index >= 15 is 0 Å². The zero-order valence-electron chi connectivity index (χ0n) is 3.05. The molecule has 0 atom stereocenters. The van der Waals surface area contributed by atoms with E-state index in [1.807, 2.05) is 0 Å². The molecule has 7 heavy (non-hydrogen) atoms. The van der Waals surface area contributed by atoms with Crippen molar-refractivity contribution in [2.75, 3.05) is 0 Å². The van der Waals surface area contributed by atoms with E-state index in [2.05, 4.69) is 0 Å². The normalized spacial score (nSPS) is 6.00. The first-order valence-electron chi connectivity index (χ1n) is 1.36. The van der Waals surface area contributed by atoms with Crippen molar-refractivity contribution >= 4 is 29.6 Å². The fourth-order valence-electron chi connectivity index (χ4n) is 0.0745. The predicted molar refractivity (Wildman–Crippen MR) is 27.5 cm³/mol. The van der Waals surface area contributed by atoms with E-state index in [0.717, 1.165) is 12.2 Å². The monoisotopic (exact) mass is 102 g/mol. The molecule has 0 rings (SSSR count). The molecule has 0 aromatic carbocycles. The maximum absolute atomic E-state index is 7.71. The Morgan fingerprint density at radius 1 is 1.00 bits per heavy atom. The van der Waals surface area contributed by atoms with E-state index < -0.39 is 0 Å². The van der Waals surface area contributed by atoms with Gasteiger partial charge >= 0.3 is 29.6 Å². The van der Waals surface area contributed by atoms with Gasteiger partial charge in [-0.2, -0.15) is 10.5 Å². The minimum absolute atomic E-state index is 0. The first kappa shape index (κ1) is 9.87. The van der Waals surface area contributed by atoms with Crippen molar-refractivity contribution < 1.29 is 0 Å². The molecule has 0 amide bonds. The maximum atomic E-state index is 7.71. The van der Waals surface area contributed by atoms with E-state index in [4.69, 9.17) is 10.5 Å². The number of nitriles is 2. The van der Waals surface area contributed by atoms with Crippen LogP contribution < -0.4 is 0 Å². The van der Waals surface area contributed by atoms with E-state index in [-0.39, 0.29) is 29.6 Å². The third-order valence-electron chi connectivity index (χ3n) is 0.232. The van der Waals surface area contributed by atoms with Crippen molar-refractivity contribution in [3.05, 3.63) is 12.2 Å². The summed E-state index contributed by atoms with van der Waals surface area (Å²) in [5.41, 5.74) is 0. The van der Waals surface area contributed by atoms with Gasteiger partial charge in [-0.1, -0.05) is 0 Å². The van der Waals surface area contributed by atoms with Crippen molar-refractivity contribution in [3.63, 3.8) is 0 Å². The van der Waals surface area contributed by atoms with Crippen LogP contribution in [-0.4, -0.2) is 29.6 Å². The molecule has 0 N–H and O–H groups in total. The second-order valence-electron chi connectivity index (χ2n) is 0.592. The Hall–Kier alpha value is -0.280. The van der Waals surface area contributed by atoms with Gasteiger partial charge in [0, 0.05) is 12.2 Å². The molecule has 0 aliphatic heterocycles. The van der Waals surface area contributed by atoms with Crippen molar-refractivity contribution in [2.45, 2.75) is 0 Å². The standard InChI is InChI=1S/C4H2N2.Na.H/c5-3-1-2-4-6;;/h1-2H;;. The van der Waals surface area contributed by atoms with Crippen LogP contribution in [0.2, 0.25) is 0 Å². The average Bonchev–Trinajstić information content (AvgIpc) is 1.61. The summed E-state index contributed by atoms with van der Waals surface area (Å²) in [5, 5.41) is 15.4. The number of hydrogen-bond acceptors (Lipinski definition) is 2. The zero-order chi connectivity index (χ0) is 4.83. The summed E-state index contributed by atoms with van der Waals surface area (Å²) in [4.78, 5) is 0. The summed E-state index contributed by atoms with van der Waals surface area (Å²) >= 11 is 0. The number of allylic oxidation sites excluding steroid dienone is 2. The topological polar surface area (TPSA) is 47.6 Å². The van der Waals surface area contributed by atoms with Gasteiger partial charge in [0.2, 0.25) is 0 Å². The molecule has 0 heterocycles. The zero-order valence-corrected chi connectivity index (χ0v) is 3.05. The first-order valence-corrected chi connectivity index (χ1v) is 1.36. The molecule has 0 aliphatic carbocycles. The Labute approximate surface area is 64.3 Å². The molecule has 0 bridgehead atoms. The summed E-state index contributed by atoms with van der Waals surface area (Å²) < 4.78 is 0. The molecule has 2 nitrogen and oxygen atoms in total. The van der Waals surface area contributed by atoms with Crippen LogP contribution >= 0.6 is 0 Å². The van der Waals surface area contributed by atoms with Crippen LogP contribution in [0, 0.1) is 22.7 Å². The molecule has 0 fully saturated rings. The van der Waals surface area contributed by atoms with Crippen LogP contribution in [0.4, 0.5) is 0 Å². The SMILES string of the molecule is N#CC=CC#N.[NaH]. The van der Waals surface area contributed by atoms with Gasteiger partial charge in [0.1, 0.15) is 0 Å². The van der Waals surface area contributed by atoms with Crippen molar-refractivity contribution in [1.82, 2.24) is 0 Å². The summed E-state index contributed by atoms with van der Waals surface area (Å²) in [5.74, 6) is 0. The Morgan fingerprint density at radius 3 is 1.43 bits per heavy atom. The van der Waals surface area contributed by atoms with E-state index in [9.17, 15) is 0 Å². The molecule has 0 saturated heterocycles. The third kappa shape index (κ3) is 10.7. The third-order valence-corrected chi connectivity index (χ3v) is 0.232. The molecule has 0 aromatic rings. The van der Waals surface area contributed by atoms with Crippen molar-refractivity contribution in [3.8, 4) is 12.1 Å². The molecule has 0 aliphatic rings. The first-order chi connectivity index (χ1) is 2.91. The molecule has 0 aromatic heterocycles. The number of nitrogens with zero attached hydrogens (tertiary/aromatic N) is 2. The summed E-state index contributed by atoms with van der Waals surface area (Å²) in [6.07, 6.45) is 2.25. The van der Waals surface area contributed by atoms with Crippen molar-refractivity contribution in [2.24, 2.45) is 0 Å². The van der Waals surface area contributed by atoms with Crippen LogP contribution in [0.1, 0.15) is 0 Å². The van der Waals surface area contributed by atoms with Crippen LogP contribution in [0.25, 0.3) is 0 Å². The average molecular weight is 102 g/mol. The van der Waals surface area contributed by atoms with E-state index in [0.29, 0.717) is 0 Å². The van der Waals surface area contributed by atoms with Gasteiger partial charge in [0.15, 0.2) is 0 Å². The summed E-state index contributed by atoms with van der Waals surface area (Å²) in [6.45, 7) is 0. The quantitative estimate of drug-likeness (QED) is 0.318. The fraction of sp³-hybridized carbons (Fsp3) is 0. The summed E-state index contributed by atoms with van der Waals surface area (Å²) in [6, 6.07) is 3.33. The Morgan fingerprint density at radius 2 is 1.29 bits per heavy atom. The number of hydrogen-bond donors (Lipinski definition) is 0. The second-order valence-corrected chi connectivity index (χ2v) is 0.592. The molecular formula is C4H3N2Na.